The summed E-state index contributed by atoms with van der Waals surface area (Å²) in [6.45, 7) is 2.40. The maximum atomic E-state index is 5.93. The molecular formula is C4H9Cl3Si2. The van der Waals surface area contributed by atoms with Crippen LogP contribution < -0.4 is 0 Å². The van der Waals surface area contributed by atoms with Crippen molar-refractivity contribution in [1.82, 2.24) is 0 Å². The predicted octanol–water partition coefficient (Wildman–Crippen LogP) is 2.23. The zero-order valence-corrected chi connectivity index (χ0v) is 9.94. The van der Waals surface area contributed by atoms with Crippen molar-refractivity contribution in [3.8, 4) is 0 Å². The topological polar surface area (TPSA) is 0 Å². The first-order chi connectivity index (χ1) is 4.09. The number of hydrogen-bond donors (Lipinski definition) is 0. The molecule has 5 heteroatoms. The van der Waals surface area contributed by atoms with Gasteiger partial charge in [0.1, 0.15) is 0 Å². The smallest absolute Gasteiger partial charge is 0.167 e. The summed E-state index contributed by atoms with van der Waals surface area (Å²) in [4.78, 5) is 0. The molecule has 0 saturated carbocycles. The fourth-order valence-electron chi connectivity index (χ4n) is 0.358. The van der Waals surface area contributed by atoms with Crippen LogP contribution in [0, 0.1) is 0 Å². The molecular weight excluding hydrogens is 211 g/mol. The highest BCUT2D eigenvalue weighted by Crippen LogP contribution is 2.13. The van der Waals surface area contributed by atoms with Gasteiger partial charge in [-0.25, -0.2) is 0 Å². The molecule has 0 spiro atoms. The number of rotatable bonds is 2. The third-order valence-electron chi connectivity index (χ3n) is 1.11. The Balaban J connectivity index is 3.88. The van der Waals surface area contributed by atoms with E-state index in [2.05, 4.69) is 0 Å². The van der Waals surface area contributed by atoms with E-state index < -0.39 is 14.6 Å². The van der Waals surface area contributed by atoms with E-state index in [0.29, 0.717) is 0 Å². The van der Waals surface area contributed by atoms with Crippen molar-refractivity contribution < 1.29 is 0 Å². The lowest BCUT2D eigenvalue weighted by molar-refractivity contribution is 1.58. The first kappa shape index (κ1) is 10.0. The van der Waals surface area contributed by atoms with E-state index in [1.165, 1.54) is 5.20 Å². The molecule has 0 nitrogen and oxygen atoms in total. The Bertz CT molecular complexity index is 112. The monoisotopic (exact) mass is 218 g/mol. The van der Waals surface area contributed by atoms with Crippen LogP contribution in [0.5, 0.6) is 0 Å². The van der Waals surface area contributed by atoms with E-state index in [1.54, 1.807) is 0 Å². The summed E-state index contributed by atoms with van der Waals surface area (Å²) in [5.41, 5.74) is 0. The van der Waals surface area contributed by atoms with Gasteiger partial charge in [0.2, 0.25) is 6.93 Å². The summed E-state index contributed by atoms with van der Waals surface area (Å²) in [5, 5.41) is 1.21. The van der Waals surface area contributed by atoms with Crippen molar-refractivity contribution in [3.63, 3.8) is 0 Å². The van der Waals surface area contributed by atoms with Crippen molar-refractivity contribution in [3.05, 3.63) is 11.3 Å². The molecule has 0 heterocycles. The van der Waals surface area contributed by atoms with Gasteiger partial charge in [0.25, 0.3) is 0 Å². The van der Waals surface area contributed by atoms with Crippen LogP contribution in [-0.4, -0.2) is 14.6 Å². The standard InChI is InChI=1S/C4H9Cl3Si2/c1-3-4(2)8(5)9(6)7/h3,8-9H,1-2H3. The Kier molecular flexibility index (Phi) is 5.35. The third kappa shape index (κ3) is 3.68. The Labute approximate surface area is 72.9 Å². The molecule has 0 aliphatic rings. The van der Waals surface area contributed by atoms with Gasteiger partial charge in [0, 0.05) is 0 Å². The van der Waals surface area contributed by atoms with Gasteiger partial charge in [-0.05, 0) is 13.8 Å². The van der Waals surface area contributed by atoms with E-state index in [1.807, 2.05) is 19.9 Å². The van der Waals surface area contributed by atoms with E-state index in [4.69, 9.17) is 33.2 Å². The molecule has 0 saturated heterocycles. The van der Waals surface area contributed by atoms with E-state index >= 15 is 0 Å². The lowest BCUT2D eigenvalue weighted by atomic mass is 10.6. The largest absolute Gasteiger partial charge is 0.244 e. The van der Waals surface area contributed by atoms with E-state index in [0.717, 1.165) is 0 Å². The minimum absolute atomic E-state index is 1.21. The molecule has 9 heavy (non-hydrogen) atoms. The molecule has 1 atom stereocenters. The first-order valence-corrected chi connectivity index (χ1v) is 11.1. The predicted molar refractivity (Wildman–Crippen MR) is 51.3 cm³/mol. The second-order valence-electron chi connectivity index (χ2n) is 1.77. The summed E-state index contributed by atoms with van der Waals surface area (Å²) in [5.74, 6) is 0. The van der Waals surface area contributed by atoms with Gasteiger partial charge in [-0.15, -0.1) is 0 Å². The second kappa shape index (κ2) is 4.80. The van der Waals surface area contributed by atoms with Gasteiger partial charge < -0.3 is 0 Å². The molecule has 0 bridgehead atoms. The first-order valence-electron chi connectivity index (χ1n) is 2.64. The Morgan fingerprint density at radius 1 is 1.33 bits per heavy atom. The van der Waals surface area contributed by atoms with Crippen LogP contribution in [0.3, 0.4) is 0 Å². The van der Waals surface area contributed by atoms with Crippen LogP contribution >= 0.6 is 33.2 Å². The molecule has 0 fully saturated rings. The lowest BCUT2D eigenvalue weighted by Gasteiger charge is -2.04. The average Bonchev–Trinajstić information content (AvgIpc) is 1.84. The highest BCUT2D eigenvalue weighted by atomic mass is 35.7. The summed E-state index contributed by atoms with van der Waals surface area (Å²) in [7, 11) is -1.37. The van der Waals surface area contributed by atoms with Crippen LogP contribution in [0.25, 0.3) is 0 Å². The number of allylic oxidation sites excluding steroid dienone is 2. The molecule has 0 aliphatic carbocycles. The molecule has 0 radical (unpaired) electrons. The molecule has 0 aromatic heterocycles. The SMILES string of the molecule is CC=C(C)[SiH](Cl)[SiH](Cl)Cl. The van der Waals surface area contributed by atoms with Crippen LogP contribution in [0.1, 0.15) is 13.8 Å². The fraction of sp³-hybridized carbons (Fsp3) is 0.500. The van der Waals surface area contributed by atoms with E-state index in [-0.39, 0.29) is 0 Å². The van der Waals surface area contributed by atoms with E-state index in [9.17, 15) is 0 Å². The summed E-state index contributed by atoms with van der Waals surface area (Å²) in [6.07, 6.45) is 1.99. The number of halogens is 3. The van der Waals surface area contributed by atoms with Crippen LogP contribution in [0.4, 0.5) is 0 Å². The molecule has 1 unspecified atom stereocenters. The van der Waals surface area contributed by atoms with Crippen molar-refractivity contribution in [1.29, 1.82) is 0 Å². The second-order valence-corrected chi connectivity index (χ2v) is 16.9. The zero-order valence-electron chi connectivity index (χ0n) is 5.37. The zero-order chi connectivity index (χ0) is 7.44. The molecule has 54 valence electrons. The molecule has 0 aliphatic heterocycles. The van der Waals surface area contributed by atoms with Crippen LogP contribution in [0.15, 0.2) is 11.3 Å². The molecule has 0 aromatic carbocycles. The molecule has 0 N–H and O–H groups in total. The Hall–Kier alpha value is 1.04. The average molecular weight is 220 g/mol. The van der Waals surface area contributed by atoms with Crippen molar-refractivity contribution in [2.45, 2.75) is 13.8 Å². The van der Waals surface area contributed by atoms with Gasteiger partial charge >= 0.3 is 0 Å². The molecule has 0 aromatic rings. The molecule has 0 rings (SSSR count). The van der Waals surface area contributed by atoms with Crippen LogP contribution in [-0.2, 0) is 0 Å². The maximum absolute atomic E-state index is 5.93. The minimum Gasteiger partial charge on any atom is -0.167 e. The highest BCUT2D eigenvalue weighted by molar-refractivity contribution is 7.71. The van der Waals surface area contributed by atoms with Crippen molar-refractivity contribution in [2.24, 2.45) is 0 Å². The summed E-state index contributed by atoms with van der Waals surface area (Å²) >= 11 is 17.3. The fourth-order valence-corrected chi connectivity index (χ4v) is 6.80. The highest BCUT2D eigenvalue weighted by Gasteiger charge is 2.19. The molecule has 0 amide bonds. The normalized spacial score (nSPS) is 16.4. The van der Waals surface area contributed by atoms with Crippen molar-refractivity contribution in [2.75, 3.05) is 0 Å². The van der Waals surface area contributed by atoms with Gasteiger partial charge in [-0.3, -0.25) is 0 Å². The maximum Gasteiger partial charge on any atom is 0.244 e. The van der Waals surface area contributed by atoms with Gasteiger partial charge in [-0.1, -0.05) is 11.3 Å². The quantitative estimate of drug-likeness (QED) is 0.494. The van der Waals surface area contributed by atoms with Crippen molar-refractivity contribution >= 4 is 47.8 Å². The Morgan fingerprint density at radius 3 is 1.89 bits per heavy atom. The van der Waals surface area contributed by atoms with Gasteiger partial charge in [-0.2, -0.15) is 33.2 Å². The third-order valence-corrected chi connectivity index (χ3v) is 15.8. The van der Waals surface area contributed by atoms with Crippen LogP contribution in [0.2, 0.25) is 0 Å². The van der Waals surface area contributed by atoms with Gasteiger partial charge in [0.05, 0.1) is 0 Å². The summed E-state index contributed by atoms with van der Waals surface area (Å²) in [6, 6.07) is 0. The van der Waals surface area contributed by atoms with Gasteiger partial charge in [0.15, 0.2) is 7.62 Å². The Morgan fingerprint density at radius 2 is 1.78 bits per heavy atom. The minimum atomic E-state index is -1.56. The lowest BCUT2D eigenvalue weighted by Crippen LogP contribution is -2.20. The number of hydrogen-bond acceptors (Lipinski definition) is 0. The summed E-state index contributed by atoms with van der Waals surface area (Å²) < 4.78 is 0.